The molecule has 0 unspecified atom stereocenters. The Morgan fingerprint density at radius 1 is 1.22 bits per heavy atom. The minimum atomic E-state index is -0.298. The maximum Gasteiger partial charge on any atom is 0.338 e. The molecule has 0 fully saturated rings. The van der Waals surface area contributed by atoms with Crippen molar-refractivity contribution < 1.29 is 14.6 Å². The third-order valence-electron chi connectivity index (χ3n) is 2.32. The van der Waals surface area contributed by atoms with Gasteiger partial charge in [-0.25, -0.2) is 4.79 Å². The van der Waals surface area contributed by atoms with Gasteiger partial charge in [-0.15, -0.1) is 0 Å². The Bertz CT molecular complexity index is 352. The molecular formula is C13H20N2O3. The maximum absolute atomic E-state index is 11.4. The van der Waals surface area contributed by atoms with Crippen LogP contribution in [0, 0.1) is 0 Å². The minimum Gasteiger partial charge on any atom is -0.462 e. The number of carbonyl (C=O) groups is 1. The molecule has 1 aromatic rings. The smallest absolute Gasteiger partial charge is 0.338 e. The first-order valence-electron chi connectivity index (χ1n) is 6.10. The number of rotatable bonds is 8. The van der Waals surface area contributed by atoms with Crippen LogP contribution >= 0.6 is 0 Å². The van der Waals surface area contributed by atoms with Crippen molar-refractivity contribution in [3.05, 3.63) is 29.8 Å². The van der Waals surface area contributed by atoms with Crippen LogP contribution in [0.25, 0.3) is 0 Å². The summed E-state index contributed by atoms with van der Waals surface area (Å²) in [5, 5.41) is 14.9. The van der Waals surface area contributed by atoms with Gasteiger partial charge in [-0.3, -0.25) is 0 Å². The monoisotopic (exact) mass is 252 g/mol. The normalized spacial score (nSPS) is 10.1. The summed E-state index contributed by atoms with van der Waals surface area (Å²) in [6, 6.07) is 7.17. The van der Waals surface area contributed by atoms with Crippen LogP contribution in [-0.4, -0.2) is 43.9 Å². The molecular weight excluding hydrogens is 232 g/mol. The lowest BCUT2D eigenvalue weighted by atomic mass is 10.2. The van der Waals surface area contributed by atoms with E-state index in [-0.39, 0.29) is 12.6 Å². The first kappa shape index (κ1) is 14.5. The van der Waals surface area contributed by atoms with E-state index in [4.69, 9.17) is 9.84 Å². The Kier molecular flexibility index (Phi) is 6.83. The molecule has 3 N–H and O–H groups in total. The molecule has 0 heterocycles. The number of hydrogen-bond donors (Lipinski definition) is 3. The SMILES string of the molecule is CCOC(=O)c1ccc(NCCNCCO)cc1. The second-order valence-electron chi connectivity index (χ2n) is 3.70. The maximum atomic E-state index is 11.4. The molecule has 0 aliphatic carbocycles. The van der Waals surface area contributed by atoms with E-state index in [9.17, 15) is 4.79 Å². The van der Waals surface area contributed by atoms with Gasteiger partial charge in [-0.2, -0.15) is 0 Å². The number of aliphatic hydroxyl groups excluding tert-OH is 1. The van der Waals surface area contributed by atoms with Gasteiger partial charge in [0.1, 0.15) is 0 Å². The predicted molar refractivity (Wildman–Crippen MR) is 70.8 cm³/mol. The third-order valence-corrected chi connectivity index (χ3v) is 2.32. The average molecular weight is 252 g/mol. The highest BCUT2D eigenvalue weighted by atomic mass is 16.5. The van der Waals surface area contributed by atoms with E-state index in [0.717, 1.165) is 18.8 Å². The third kappa shape index (κ3) is 5.16. The molecule has 0 aromatic heterocycles. The van der Waals surface area contributed by atoms with Crippen LogP contribution in [0.15, 0.2) is 24.3 Å². The lowest BCUT2D eigenvalue weighted by Crippen LogP contribution is -2.24. The number of nitrogens with one attached hydrogen (secondary N) is 2. The molecule has 0 aliphatic rings. The van der Waals surface area contributed by atoms with Crippen LogP contribution in [0.2, 0.25) is 0 Å². The van der Waals surface area contributed by atoms with E-state index in [0.29, 0.717) is 18.7 Å². The van der Waals surface area contributed by atoms with Gasteiger partial charge < -0.3 is 20.5 Å². The molecule has 0 bridgehead atoms. The molecule has 0 atom stereocenters. The molecule has 0 aliphatic heterocycles. The van der Waals surface area contributed by atoms with E-state index in [2.05, 4.69) is 10.6 Å². The van der Waals surface area contributed by atoms with E-state index in [1.165, 1.54) is 0 Å². The molecule has 0 spiro atoms. The molecule has 1 aromatic carbocycles. The highest BCUT2D eigenvalue weighted by Gasteiger charge is 2.04. The fourth-order valence-corrected chi connectivity index (χ4v) is 1.44. The summed E-state index contributed by atoms with van der Waals surface area (Å²) < 4.78 is 4.90. The van der Waals surface area contributed by atoms with E-state index < -0.39 is 0 Å². The highest BCUT2D eigenvalue weighted by molar-refractivity contribution is 5.89. The van der Waals surface area contributed by atoms with Crippen molar-refractivity contribution in [1.29, 1.82) is 0 Å². The van der Waals surface area contributed by atoms with Gasteiger partial charge in [-0.05, 0) is 31.2 Å². The Morgan fingerprint density at radius 2 is 1.94 bits per heavy atom. The van der Waals surface area contributed by atoms with Crippen molar-refractivity contribution in [3.63, 3.8) is 0 Å². The predicted octanol–water partition coefficient (Wildman–Crippen LogP) is 0.857. The van der Waals surface area contributed by atoms with Gasteiger partial charge in [0.05, 0.1) is 18.8 Å². The molecule has 0 amide bonds. The highest BCUT2D eigenvalue weighted by Crippen LogP contribution is 2.10. The van der Waals surface area contributed by atoms with Crippen LogP contribution in [0.1, 0.15) is 17.3 Å². The topological polar surface area (TPSA) is 70.6 Å². The van der Waals surface area contributed by atoms with Crippen LogP contribution < -0.4 is 10.6 Å². The summed E-state index contributed by atoms with van der Waals surface area (Å²) >= 11 is 0. The van der Waals surface area contributed by atoms with Crippen LogP contribution in [0.4, 0.5) is 5.69 Å². The van der Waals surface area contributed by atoms with Crippen molar-refractivity contribution in [2.75, 3.05) is 38.2 Å². The summed E-state index contributed by atoms with van der Waals surface area (Å²) in [5.41, 5.74) is 1.51. The summed E-state index contributed by atoms with van der Waals surface area (Å²) in [4.78, 5) is 11.4. The largest absolute Gasteiger partial charge is 0.462 e. The summed E-state index contributed by atoms with van der Waals surface area (Å²) in [6.45, 7) is 4.46. The van der Waals surface area contributed by atoms with Gasteiger partial charge in [0.15, 0.2) is 0 Å². The van der Waals surface area contributed by atoms with Crippen molar-refractivity contribution in [3.8, 4) is 0 Å². The number of esters is 1. The zero-order chi connectivity index (χ0) is 13.2. The zero-order valence-corrected chi connectivity index (χ0v) is 10.6. The van der Waals surface area contributed by atoms with Gasteiger partial charge in [0.25, 0.3) is 0 Å². The molecule has 100 valence electrons. The second kappa shape index (κ2) is 8.49. The number of carbonyl (C=O) groups excluding carboxylic acids is 1. The van der Waals surface area contributed by atoms with Crippen molar-refractivity contribution >= 4 is 11.7 Å². The lowest BCUT2D eigenvalue weighted by Gasteiger charge is -2.08. The second-order valence-corrected chi connectivity index (χ2v) is 3.70. The van der Waals surface area contributed by atoms with Crippen molar-refractivity contribution in [1.82, 2.24) is 5.32 Å². The number of hydrogen-bond acceptors (Lipinski definition) is 5. The number of ether oxygens (including phenoxy) is 1. The van der Waals surface area contributed by atoms with E-state index in [1.807, 2.05) is 12.1 Å². The summed E-state index contributed by atoms with van der Waals surface area (Å²) in [6.07, 6.45) is 0. The average Bonchev–Trinajstić information content (AvgIpc) is 2.39. The van der Waals surface area contributed by atoms with Crippen molar-refractivity contribution in [2.45, 2.75) is 6.92 Å². The number of aliphatic hydroxyl groups is 1. The molecule has 0 saturated carbocycles. The molecule has 0 saturated heterocycles. The van der Waals surface area contributed by atoms with Gasteiger partial charge >= 0.3 is 5.97 Å². The number of anilines is 1. The van der Waals surface area contributed by atoms with Crippen LogP contribution in [0.5, 0.6) is 0 Å². The minimum absolute atomic E-state index is 0.147. The van der Waals surface area contributed by atoms with Gasteiger partial charge in [0.2, 0.25) is 0 Å². The van der Waals surface area contributed by atoms with Crippen LogP contribution in [0.3, 0.4) is 0 Å². The first-order chi connectivity index (χ1) is 8.77. The Morgan fingerprint density at radius 3 is 2.56 bits per heavy atom. The molecule has 0 radical (unpaired) electrons. The van der Waals surface area contributed by atoms with Crippen LogP contribution in [-0.2, 0) is 4.74 Å². The molecule has 5 heteroatoms. The molecule has 18 heavy (non-hydrogen) atoms. The zero-order valence-electron chi connectivity index (χ0n) is 10.6. The fourth-order valence-electron chi connectivity index (χ4n) is 1.44. The van der Waals surface area contributed by atoms with E-state index >= 15 is 0 Å². The van der Waals surface area contributed by atoms with Crippen molar-refractivity contribution in [2.24, 2.45) is 0 Å². The summed E-state index contributed by atoms with van der Waals surface area (Å²) in [7, 11) is 0. The quantitative estimate of drug-likeness (QED) is 0.473. The van der Waals surface area contributed by atoms with Gasteiger partial charge in [-0.1, -0.05) is 0 Å². The first-order valence-corrected chi connectivity index (χ1v) is 6.10. The molecule has 1 rings (SSSR count). The Hall–Kier alpha value is -1.59. The number of benzene rings is 1. The standard InChI is InChI=1S/C13H20N2O3/c1-2-18-13(17)11-3-5-12(6-4-11)15-8-7-14-9-10-16/h3-6,14-16H,2,7-10H2,1H3. The summed E-state index contributed by atoms with van der Waals surface area (Å²) in [5.74, 6) is -0.298. The Labute approximate surface area is 107 Å². The lowest BCUT2D eigenvalue weighted by molar-refractivity contribution is 0.0526. The fraction of sp³-hybridized carbons (Fsp3) is 0.462. The Balaban J connectivity index is 2.33. The van der Waals surface area contributed by atoms with Gasteiger partial charge in [0, 0.05) is 25.3 Å². The molecule has 5 nitrogen and oxygen atoms in total. The van der Waals surface area contributed by atoms with E-state index in [1.54, 1.807) is 19.1 Å².